The van der Waals surface area contributed by atoms with Crippen molar-refractivity contribution in [3.63, 3.8) is 0 Å². The zero-order valence-electron chi connectivity index (χ0n) is 12.3. The standard InChI is InChI=1S/C16H22F3N/c1-4-6-20-14-9-11(16(14,3)5-2)10-7-12(17)15(19)13(18)8-10/h7-8,11,14,20H,4-6,9H2,1-3H3. The molecule has 0 radical (unpaired) electrons. The van der Waals surface area contributed by atoms with Gasteiger partial charge in [0.05, 0.1) is 0 Å². The van der Waals surface area contributed by atoms with E-state index in [0.717, 1.165) is 37.9 Å². The highest BCUT2D eigenvalue weighted by atomic mass is 19.2. The highest BCUT2D eigenvalue weighted by Gasteiger charge is 2.50. The third-order valence-electron chi connectivity index (χ3n) is 4.87. The van der Waals surface area contributed by atoms with E-state index in [4.69, 9.17) is 0 Å². The lowest BCUT2D eigenvalue weighted by molar-refractivity contribution is 0.0441. The molecule has 0 aromatic heterocycles. The predicted octanol–water partition coefficient (Wildman–Crippen LogP) is 4.38. The van der Waals surface area contributed by atoms with E-state index < -0.39 is 17.5 Å². The Bertz CT molecular complexity index is 466. The zero-order chi connectivity index (χ0) is 14.9. The molecule has 4 heteroatoms. The molecule has 0 heterocycles. The second-order valence-electron chi connectivity index (χ2n) is 5.95. The van der Waals surface area contributed by atoms with E-state index in [1.807, 2.05) is 0 Å². The SMILES string of the molecule is CCCNC1CC(c2cc(F)c(F)c(F)c2)C1(C)CC. The number of hydrogen-bond acceptors (Lipinski definition) is 1. The molecule has 1 aromatic carbocycles. The summed E-state index contributed by atoms with van der Waals surface area (Å²) in [5.74, 6) is -3.50. The van der Waals surface area contributed by atoms with Gasteiger partial charge >= 0.3 is 0 Å². The summed E-state index contributed by atoms with van der Waals surface area (Å²) in [6.07, 6.45) is 2.81. The van der Waals surface area contributed by atoms with Crippen LogP contribution in [0.1, 0.15) is 51.5 Å². The van der Waals surface area contributed by atoms with Crippen molar-refractivity contribution >= 4 is 0 Å². The minimum absolute atomic E-state index is 0.0358. The third kappa shape index (κ3) is 2.46. The van der Waals surface area contributed by atoms with E-state index in [0.29, 0.717) is 11.6 Å². The average molecular weight is 285 g/mol. The maximum Gasteiger partial charge on any atom is 0.194 e. The topological polar surface area (TPSA) is 12.0 Å². The van der Waals surface area contributed by atoms with Crippen molar-refractivity contribution in [3.05, 3.63) is 35.1 Å². The molecule has 112 valence electrons. The van der Waals surface area contributed by atoms with Gasteiger partial charge in [0.2, 0.25) is 0 Å². The summed E-state index contributed by atoms with van der Waals surface area (Å²) in [6, 6.07) is 2.65. The third-order valence-corrected chi connectivity index (χ3v) is 4.87. The van der Waals surface area contributed by atoms with Crippen LogP contribution in [0.4, 0.5) is 13.2 Å². The van der Waals surface area contributed by atoms with Gasteiger partial charge in [0.1, 0.15) is 0 Å². The van der Waals surface area contributed by atoms with Crippen molar-refractivity contribution in [2.45, 2.75) is 52.0 Å². The molecule has 0 amide bonds. The van der Waals surface area contributed by atoms with Crippen LogP contribution in [0.2, 0.25) is 0 Å². The Kier molecular flexibility index (Phi) is 4.43. The maximum absolute atomic E-state index is 13.4. The molecule has 0 bridgehead atoms. The van der Waals surface area contributed by atoms with E-state index in [9.17, 15) is 13.2 Å². The van der Waals surface area contributed by atoms with Crippen LogP contribution in [0.3, 0.4) is 0 Å². The van der Waals surface area contributed by atoms with Gasteiger partial charge in [0.25, 0.3) is 0 Å². The van der Waals surface area contributed by atoms with Crippen molar-refractivity contribution in [1.29, 1.82) is 0 Å². The number of rotatable bonds is 5. The molecular formula is C16H22F3N. The second-order valence-corrected chi connectivity index (χ2v) is 5.95. The average Bonchev–Trinajstić information content (AvgIpc) is 2.42. The minimum Gasteiger partial charge on any atom is -0.313 e. The minimum atomic E-state index is -1.38. The van der Waals surface area contributed by atoms with Crippen molar-refractivity contribution in [1.82, 2.24) is 5.32 Å². The highest BCUT2D eigenvalue weighted by molar-refractivity contribution is 5.30. The van der Waals surface area contributed by atoms with Crippen LogP contribution in [0.15, 0.2) is 12.1 Å². The molecule has 1 aromatic rings. The molecule has 0 spiro atoms. The first kappa shape index (κ1) is 15.4. The number of halogens is 3. The monoisotopic (exact) mass is 285 g/mol. The van der Waals surface area contributed by atoms with Crippen LogP contribution < -0.4 is 5.32 Å². The summed E-state index contributed by atoms with van der Waals surface area (Å²) in [6.45, 7) is 7.27. The molecule has 2 rings (SSSR count). The van der Waals surface area contributed by atoms with Gasteiger partial charge in [-0.15, -0.1) is 0 Å². The van der Waals surface area contributed by atoms with E-state index in [1.165, 1.54) is 0 Å². The summed E-state index contributed by atoms with van der Waals surface area (Å²) < 4.78 is 39.8. The van der Waals surface area contributed by atoms with Gasteiger partial charge in [-0.05, 0) is 54.8 Å². The van der Waals surface area contributed by atoms with Gasteiger partial charge in [-0.1, -0.05) is 20.8 Å². The second kappa shape index (κ2) is 5.76. The van der Waals surface area contributed by atoms with Gasteiger partial charge < -0.3 is 5.32 Å². The lowest BCUT2D eigenvalue weighted by Gasteiger charge is -2.55. The molecule has 0 aliphatic heterocycles. The molecule has 1 nitrogen and oxygen atoms in total. The van der Waals surface area contributed by atoms with E-state index in [1.54, 1.807) is 0 Å². The molecule has 3 unspecified atom stereocenters. The van der Waals surface area contributed by atoms with Crippen LogP contribution in [0.25, 0.3) is 0 Å². The first-order chi connectivity index (χ1) is 9.43. The summed E-state index contributed by atoms with van der Waals surface area (Å²) in [7, 11) is 0. The van der Waals surface area contributed by atoms with Crippen molar-refractivity contribution in [2.24, 2.45) is 5.41 Å². The van der Waals surface area contributed by atoms with Crippen molar-refractivity contribution in [3.8, 4) is 0 Å². The summed E-state index contributed by atoms with van der Waals surface area (Å²) in [4.78, 5) is 0. The summed E-state index contributed by atoms with van der Waals surface area (Å²) >= 11 is 0. The smallest absolute Gasteiger partial charge is 0.194 e. The zero-order valence-corrected chi connectivity index (χ0v) is 12.3. The van der Waals surface area contributed by atoms with Crippen LogP contribution in [-0.2, 0) is 0 Å². The lowest BCUT2D eigenvalue weighted by atomic mass is 9.54. The highest BCUT2D eigenvalue weighted by Crippen LogP contribution is 2.55. The van der Waals surface area contributed by atoms with Crippen molar-refractivity contribution < 1.29 is 13.2 Å². The lowest BCUT2D eigenvalue weighted by Crippen LogP contribution is -2.56. The largest absolute Gasteiger partial charge is 0.313 e. The summed E-state index contributed by atoms with van der Waals surface area (Å²) in [5, 5.41) is 3.49. The van der Waals surface area contributed by atoms with E-state index in [2.05, 4.69) is 26.1 Å². The van der Waals surface area contributed by atoms with Crippen LogP contribution >= 0.6 is 0 Å². The van der Waals surface area contributed by atoms with Crippen LogP contribution in [0.5, 0.6) is 0 Å². The Labute approximate surface area is 118 Å². The van der Waals surface area contributed by atoms with Gasteiger partial charge in [-0.3, -0.25) is 0 Å². The Balaban J connectivity index is 2.22. The Morgan fingerprint density at radius 3 is 2.30 bits per heavy atom. The molecule has 1 aliphatic carbocycles. The first-order valence-electron chi connectivity index (χ1n) is 7.31. The molecule has 1 saturated carbocycles. The van der Waals surface area contributed by atoms with E-state index >= 15 is 0 Å². The van der Waals surface area contributed by atoms with Crippen LogP contribution in [0, 0.1) is 22.9 Å². The van der Waals surface area contributed by atoms with Gasteiger partial charge in [-0.2, -0.15) is 0 Å². The molecule has 20 heavy (non-hydrogen) atoms. The molecule has 1 N–H and O–H groups in total. The fraction of sp³-hybridized carbons (Fsp3) is 0.625. The molecule has 1 aliphatic rings. The predicted molar refractivity (Wildman–Crippen MR) is 74.2 cm³/mol. The fourth-order valence-corrected chi connectivity index (χ4v) is 3.28. The van der Waals surface area contributed by atoms with Gasteiger partial charge in [0.15, 0.2) is 17.5 Å². The van der Waals surface area contributed by atoms with E-state index in [-0.39, 0.29) is 11.3 Å². The molecular weight excluding hydrogens is 263 g/mol. The van der Waals surface area contributed by atoms with Crippen LogP contribution in [-0.4, -0.2) is 12.6 Å². The number of hydrogen-bond donors (Lipinski definition) is 1. The normalized spacial score (nSPS) is 29.3. The maximum atomic E-state index is 13.4. The van der Waals surface area contributed by atoms with Gasteiger partial charge in [-0.25, -0.2) is 13.2 Å². The Morgan fingerprint density at radius 1 is 1.20 bits per heavy atom. The number of nitrogens with one attached hydrogen (secondary N) is 1. The number of benzene rings is 1. The summed E-state index contributed by atoms with van der Waals surface area (Å²) in [5.41, 5.74) is 0.534. The molecule has 1 fully saturated rings. The first-order valence-corrected chi connectivity index (χ1v) is 7.31. The quantitative estimate of drug-likeness (QED) is 0.792. The Hall–Kier alpha value is -1.03. The Morgan fingerprint density at radius 2 is 1.80 bits per heavy atom. The fourth-order valence-electron chi connectivity index (χ4n) is 3.28. The molecule has 0 saturated heterocycles. The van der Waals surface area contributed by atoms with Gasteiger partial charge in [0, 0.05) is 6.04 Å². The van der Waals surface area contributed by atoms with Crippen molar-refractivity contribution in [2.75, 3.05) is 6.54 Å². The molecule has 3 atom stereocenters.